The van der Waals surface area contributed by atoms with Crippen molar-refractivity contribution in [3.8, 4) is 0 Å². The van der Waals surface area contributed by atoms with Gasteiger partial charge in [0.1, 0.15) is 0 Å². The smallest absolute Gasteiger partial charge is 0.479 e. The van der Waals surface area contributed by atoms with Gasteiger partial charge >= 0.3 is 94.3 Å². The Kier molecular flexibility index (Phi) is 14.5. The minimum absolute atomic E-state index is 0. The van der Waals surface area contributed by atoms with E-state index >= 15 is 0 Å². The van der Waals surface area contributed by atoms with Crippen molar-refractivity contribution in [2.45, 2.75) is 12.2 Å². The maximum atomic E-state index is 9.77. The Balaban J connectivity index is -0.000000135. The zero-order valence-electron chi connectivity index (χ0n) is 7.76. The van der Waals surface area contributed by atoms with Gasteiger partial charge in [0, 0.05) is 0 Å². The fourth-order valence-electron chi connectivity index (χ4n) is 0.270. The molecule has 0 radical (unpaired) electrons. The van der Waals surface area contributed by atoms with E-state index in [2.05, 4.69) is 0 Å². The molecule has 4 N–H and O–H groups in total. The third kappa shape index (κ3) is 6.95. The molecule has 0 bridgehead atoms. The van der Waals surface area contributed by atoms with E-state index in [0.717, 1.165) is 0 Å². The van der Waals surface area contributed by atoms with Crippen molar-refractivity contribution in [1.29, 1.82) is 0 Å². The van der Waals surface area contributed by atoms with Crippen LogP contribution in [0.4, 0.5) is 0 Å². The first kappa shape index (κ1) is 19.1. The standard InChI is InChI=1S/C4H6O6.K.Na/c5-1(3(7)8)2(6)4(9)10;;/h1-2,5-6H,(H,7,8)(H,9,10);;/q;2*+1/p+1. The van der Waals surface area contributed by atoms with Crippen LogP contribution in [0.25, 0.3) is 0 Å². The first-order chi connectivity index (χ1) is 4.46. The van der Waals surface area contributed by atoms with Crippen molar-refractivity contribution in [2.24, 2.45) is 0 Å². The van der Waals surface area contributed by atoms with Gasteiger partial charge in [-0.1, -0.05) is 0 Å². The predicted octanol–water partition coefficient (Wildman–Crippen LogP) is -8.00. The van der Waals surface area contributed by atoms with Gasteiger partial charge < -0.3 is 20.4 Å². The van der Waals surface area contributed by atoms with Gasteiger partial charge in [-0.05, 0) is 0 Å². The summed E-state index contributed by atoms with van der Waals surface area (Å²) in [6, 6.07) is 0. The molecule has 0 aromatic rings. The largest absolute Gasteiger partial charge is 1.00 e. The first-order valence-electron chi connectivity index (χ1n) is 2.28. The average molecular weight is 213 g/mol. The van der Waals surface area contributed by atoms with Gasteiger partial charge in [0.15, 0.2) is 12.2 Å². The van der Waals surface area contributed by atoms with E-state index in [0.29, 0.717) is 0 Å². The summed E-state index contributed by atoms with van der Waals surface area (Å²) < 4.78 is 0. The summed E-state index contributed by atoms with van der Waals surface area (Å²) >= 11 is 0. The normalized spacial score (nSPS) is 13.2. The molecule has 0 saturated heterocycles. The number of carboxylic acid groups (broad SMARTS) is 2. The summed E-state index contributed by atoms with van der Waals surface area (Å²) in [5, 5.41) is 32.5. The number of aliphatic carboxylic acids is 2. The van der Waals surface area contributed by atoms with Crippen LogP contribution in [0.5, 0.6) is 0 Å². The molecule has 0 aliphatic heterocycles. The van der Waals surface area contributed by atoms with Crippen LogP contribution >= 0.6 is 0 Å². The van der Waals surface area contributed by atoms with E-state index in [-0.39, 0.29) is 82.4 Å². The topological polar surface area (TPSA) is 115 Å². The molecule has 0 aliphatic rings. The van der Waals surface area contributed by atoms with Crippen molar-refractivity contribution < 1.29 is 112 Å². The molecular weight excluding hydrogens is 206 g/mol. The number of aliphatic hydroxyl groups is 2. The van der Waals surface area contributed by atoms with E-state index in [1.807, 2.05) is 0 Å². The van der Waals surface area contributed by atoms with Crippen LogP contribution in [0.3, 0.4) is 0 Å². The van der Waals surface area contributed by atoms with Crippen LogP contribution in [0.15, 0.2) is 0 Å². The Labute approximate surface area is 134 Å². The van der Waals surface area contributed by atoms with Gasteiger partial charge in [-0.25, -0.2) is 9.59 Å². The zero-order chi connectivity index (χ0) is 8.31. The van der Waals surface area contributed by atoms with Crippen LogP contribution in [-0.2, 0) is 9.59 Å². The van der Waals surface area contributed by atoms with E-state index < -0.39 is 24.1 Å². The summed E-state index contributed by atoms with van der Waals surface area (Å²) in [4.78, 5) is 19.5. The molecule has 2 atom stereocenters. The average Bonchev–Trinajstić information content (AvgIpc) is 1.84. The molecule has 0 aromatic carbocycles. The fraction of sp³-hybridized carbons (Fsp3) is 0.500. The van der Waals surface area contributed by atoms with E-state index in [1.54, 1.807) is 0 Å². The minimum Gasteiger partial charge on any atom is -0.479 e. The van der Waals surface area contributed by atoms with Crippen LogP contribution < -0.4 is 80.9 Å². The zero-order valence-corrected chi connectivity index (χ0v) is 11.9. The third-order valence-electron chi connectivity index (χ3n) is 0.805. The number of carboxylic acids is 2. The molecule has 0 amide bonds. The van der Waals surface area contributed by atoms with Crippen molar-refractivity contribution in [2.75, 3.05) is 0 Å². The molecule has 0 aliphatic carbocycles. The quantitative estimate of drug-likeness (QED) is 0.346. The van der Waals surface area contributed by atoms with Crippen molar-refractivity contribution in [3.05, 3.63) is 0 Å². The molecule has 0 spiro atoms. The van der Waals surface area contributed by atoms with Crippen LogP contribution in [0, 0.1) is 0 Å². The van der Waals surface area contributed by atoms with Crippen LogP contribution in [0.2, 0.25) is 0 Å². The third-order valence-corrected chi connectivity index (χ3v) is 0.805. The number of aliphatic hydroxyl groups excluding tert-OH is 2. The number of carbonyl (C=O) groups is 2. The predicted molar refractivity (Wildman–Crippen MR) is 28.4 cm³/mol. The monoisotopic (exact) mass is 213 g/mol. The Morgan fingerprint density at radius 1 is 1.00 bits per heavy atom. The Morgan fingerprint density at radius 2 is 1.17 bits per heavy atom. The van der Waals surface area contributed by atoms with Crippen LogP contribution in [-0.4, -0.2) is 44.6 Å². The molecule has 0 heterocycles. The summed E-state index contributed by atoms with van der Waals surface area (Å²) in [6.45, 7) is 0. The van der Waals surface area contributed by atoms with Crippen molar-refractivity contribution in [1.82, 2.24) is 0 Å². The van der Waals surface area contributed by atoms with Crippen molar-refractivity contribution >= 4 is 11.9 Å². The summed E-state index contributed by atoms with van der Waals surface area (Å²) in [7, 11) is 0. The van der Waals surface area contributed by atoms with E-state index in [1.165, 1.54) is 0 Å². The maximum Gasteiger partial charge on any atom is 1.00 e. The molecule has 8 heteroatoms. The maximum absolute atomic E-state index is 9.77. The van der Waals surface area contributed by atoms with Gasteiger partial charge in [-0.3, -0.25) is 0 Å². The van der Waals surface area contributed by atoms with Crippen LogP contribution in [0.1, 0.15) is 1.43 Å². The fourth-order valence-corrected chi connectivity index (χ4v) is 0.270. The summed E-state index contributed by atoms with van der Waals surface area (Å²) in [6.07, 6.45) is -4.53. The van der Waals surface area contributed by atoms with Gasteiger partial charge in [-0.15, -0.1) is 0 Å². The molecule has 12 heavy (non-hydrogen) atoms. The summed E-state index contributed by atoms with van der Waals surface area (Å²) in [5.74, 6) is -3.54. The summed E-state index contributed by atoms with van der Waals surface area (Å²) in [5.41, 5.74) is 0. The first-order valence-corrected chi connectivity index (χ1v) is 2.28. The van der Waals surface area contributed by atoms with Gasteiger partial charge in [-0.2, -0.15) is 0 Å². The van der Waals surface area contributed by atoms with E-state index in [4.69, 9.17) is 20.4 Å². The van der Waals surface area contributed by atoms with Gasteiger partial charge in [0.25, 0.3) is 0 Å². The minimum atomic E-state index is -2.27. The van der Waals surface area contributed by atoms with Crippen molar-refractivity contribution in [3.63, 3.8) is 0 Å². The Hall–Kier alpha value is 1.50. The number of hydrogen-bond acceptors (Lipinski definition) is 4. The molecule has 0 saturated carbocycles. The molecule has 0 fully saturated rings. The molecule has 6 nitrogen and oxygen atoms in total. The van der Waals surface area contributed by atoms with E-state index in [9.17, 15) is 9.59 Å². The molecule has 0 rings (SSSR count). The van der Waals surface area contributed by atoms with Gasteiger partial charge in [0.05, 0.1) is 0 Å². The van der Waals surface area contributed by atoms with Gasteiger partial charge in [0.2, 0.25) is 0 Å². The molecule has 0 aromatic heterocycles. The Morgan fingerprint density at radius 3 is 1.25 bits per heavy atom. The molecule has 58 valence electrons. The molecular formula is C4H7KNaO6+3. The second kappa shape index (κ2) is 9.07. The number of rotatable bonds is 3. The SMILES string of the molecule is O=C(O)C(O)C(O)C(=O)O.[H+].[K+].[Na+]. The second-order valence-corrected chi connectivity index (χ2v) is 1.57. The molecule has 2 unspecified atom stereocenters. The Bertz CT molecular complexity index is 149. The number of hydrogen-bond donors (Lipinski definition) is 4. The second-order valence-electron chi connectivity index (χ2n) is 1.57.